The molecule has 0 atom stereocenters. The van der Waals surface area contributed by atoms with Gasteiger partial charge in [-0.1, -0.05) is 0 Å². The minimum atomic E-state index is -0.550. The number of amides is 1. The van der Waals surface area contributed by atoms with Crippen LogP contribution in [0.2, 0.25) is 0 Å². The number of nitrogens with two attached hydrogens (primary N) is 1. The number of benzene rings is 1. The van der Waals surface area contributed by atoms with E-state index in [1.165, 1.54) is 25.3 Å². The van der Waals surface area contributed by atoms with Crippen LogP contribution in [0.1, 0.15) is 16.1 Å². The molecule has 2 aromatic rings. The van der Waals surface area contributed by atoms with Crippen molar-refractivity contribution in [2.75, 3.05) is 17.9 Å². The van der Waals surface area contributed by atoms with Gasteiger partial charge in [0.1, 0.15) is 5.82 Å². The summed E-state index contributed by atoms with van der Waals surface area (Å²) in [5.41, 5.74) is 3.72. The summed E-state index contributed by atoms with van der Waals surface area (Å²) < 4.78 is 18.4. The molecular weight excluding hydrogens is 275 g/mol. The fourth-order valence-corrected chi connectivity index (χ4v) is 1.82. The van der Waals surface area contributed by atoms with Gasteiger partial charge in [0.05, 0.1) is 7.11 Å². The number of pyridine rings is 1. The first-order valence-electron chi connectivity index (χ1n) is 6.13. The molecule has 0 radical (unpaired) electrons. The van der Waals surface area contributed by atoms with Gasteiger partial charge in [0.15, 0.2) is 11.6 Å². The van der Waals surface area contributed by atoms with Crippen LogP contribution in [0.4, 0.5) is 15.9 Å². The van der Waals surface area contributed by atoms with Crippen molar-refractivity contribution in [1.29, 1.82) is 0 Å². The van der Waals surface area contributed by atoms with E-state index < -0.39 is 5.82 Å². The molecule has 1 aromatic carbocycles. The van der Waals surface area contributed by atoms with Crippen molar-refractivity contribution in [2.24, 2.45) is 5.84 Å². The molecule has 4 N–H and O–H groups in total. The lowest BCUT2D eigenvalue weighted by Crippen LogP contribution is -2.15. The number of rotatable bonds is 4. The molecule has 0 aliphatic carbocycles. The van der Waals surface area contributed by atoms with E-state index in [0.29, 0.717) is 22.8 Å². The van der Waals surface area contributed by atoms with Crippen LogP contribution in [0.3, 0.4) is 0 Å². The largest absolute Gasteiger partial charge is 0.494 e. The topological polar surface area (TPSA) is 89.3 Å². The van der Waals surface area contributed by atoms with Gasteiger partial charge in [-0.3, -0.25) is 4.79 Å². The Labute approximate surface area is 121 Å². The zero-order valence-corrected chi connectivity index (χ0v) is 11.6. The number of hydrogen-bond donors (Lipinski definition) is 3. The maximum atomic E-state index is 13.6. The summed E-state index contributed by atoms with van der Waals surface area (Å²) in [7, 11) is 1.37. The molecule has 2 rings (SSSR count). The maximum Gasteiger partial charge on any atom is 0.255 e. The molecule has 0 saturated carbocycles. The number of halogens is 1. The van der Waals surface area contributed by atoms with Crippen LogP contribution in [0.25, 0.3) is 0 Å². The van der Waals surface area contributed by atoms with Crippen molar-refractivity contribution in [3.8, 4) is 5.75 Å². The second kappa shape index (κ2) is 6.19. The Morgan fingerprint density at radius 1 is 1.33 bits per heavy atom. The minimum absolute atomic E-state index is 0.113. The Bertz CT molecular complexity index is 676. The van der Waals surface area contributed by atoms with Crippen LogP contribution in [0, 0.1) is 12.7 Å². The van der Waals surface area contributed by atoms with Gasteiger partial charge >= 0.3 is 0 Å². The third kappa shape index (κ3) is 3.46. The molecule has 6 nitrogen and oxygen atoms in total. The number of nitrogen functional groups attached to an aromatic ring is 1. The van der Waals surface area contributed by atoms with Gasteiger partial charge in [-0.2, -0.15) is 0 Å². The quantitative estimate of drug-likeness (QED) is 0.592. The molecule has 7 heteroatoms. The molecule has 1 aromatic heterocycles. The number of ether oxygens (including phenoxy) is 1. The molecule has 0 aliphatic heterocycles. The van der Waals surface area contributed by atoms with E-state index in [1.807, 2.05) is 0 Å². The molecule has 0 unspecified atom stereocenters. The fourth-order valence-electron chi connectivity index (χ4n) is 1.82. The van der Waals surface area contributed by atoms with Crippen LogP contribution < -0.4 is 21.3 Å². The monoisotopic (exact) mass is 290 g/mol. The van der Waals surface area contributed by atoms with Crippen molar-refractivity contribution in [3.63, 3.8) is 0 Å². The molecule has 0 spiro atoms. The summed E-state index contributed by atoms with van der Waals surface area (Å²) in [6, 6.07) is 7.29. The van der Waals surface area contributed by atoms with Crippen molar-refractivity contribution < 1.29 is 13.9 Å². The first-order chi connectivity index (χ1) is 10.0. The second-order valence-corrected chi connectivity index (χ2v) is 4.33. The highest BCUT2D eigenvalue weighted by Crippen LogP contribution is 2.21. The number of anilines is 2. The second-order valence-electron chi connectivity index (χ2n) is 4.33. The van der Waals surface area contributed by atoms with Crippen LogP contribution in [0.15, 0.2) is 30.3 Å². The first kappa shape index (κ1) is 14.7. The Morgan fingerprint density at radius 2 is 2.10 bits per heavy atom. The van der Waals surface area contributed by atoms with Crippen LogP contribution in [-0.4, -0.2) is 18.0 Å². The lowest BCUT2D eigenvalue weighted by Gasteiger charge is -2.09. The van der Waals surface area contributed by atoms with E-state index in [1.54, 1.807) is 19.1 Å². The summed E-state index contributed by atoms with van der Waals surface area (Å²) in [6.45, 7) is 1.74. The summed E-state index contributed by atoms with van der Waals surface area (Å²) >= 11 is 0. The highest BCUT2D eigenvalue weighted by molar-refractivity contribution is 6.04. The van der Waals surface area contributed by atoms with Crippen LogP contribution in [0.5, 0.6) is 5.75 Å². The molecular formula is C14H15FN4O2. The normalized spacial score (nSPS) is 10.1. The molecule has 1 heterocycles. The standard InChI is InChI=1S/C14H15FN4O2/c1-8-5-9(6-13(17-8)19-16)14(20)18-10-3-4-12(21-2)11(15)7-10/h3-7H,16H2,1-2H3,(H,17,19)(H,18,20). The molecule has 110 valence electrons. The number of nitrogens with zero attached hydrogens (tertiary/aromatic N) is 1. The number of carbonyl (C=O) groups excluding carboxylic acids is 1. The lowest BCUT2D eigenvalue weighted by atomic mass is 10.2. The van der Waals surface area contributed by atoms with Gasteiger partial charge in [0.2, 0.25) is 0 Å². The third-order valence-corrected chi connectivity index (χ3v) is 2.77. The number of nitrogens with one attached hydrogen (secondary N) is 2. The fraction of sp³-hybridized carbons (Fsp3) is 0.143. The minimum Gasteiger partial charge on any atom is -0.494 e. The Kier molecular flexibility index (Phi) is 4.34. The van der Waals surface area contributed by atoms with Gasteiger partial charge < -0.3 is 15.5 Å². The summed E-state index contributed by atoms with van der Waals surface area (Å²) in [6.07, 6.45) is 0. The van der Waals surface area contributed by atoms with Crippen molar-refractivity contribution >= 4 is 17.4 Å². The van der Waals surface area contributed by atoms with E-state index in [9.17, 15) is 9.18 Å². The molecule has 0 bridgehead atoms. The number of methoxy groups -OCH3 is 1. The average molecular weight is 290 g/mol. The van der Waals surface area contributed by atoms with E-state index in [-0.39, 0.29) is 11.7 Å². The predicted molar refractivity (Wildman–Crippen MR) is 77.7 cm³/mol. The van der Waals surface area contributed by atoms with E-state index in [4.69, 9.17) is 10.6 Å². The molecule has 21 heavy (non-hydrogen) atoms. The van der Waals surface area contributed by atoms with E-state index in [0.717, 1.165) is 0 Å². The third-order valence-electron chi connectivity index (χ3n) is 2.77. The number of aryl methyl sites for hydroxylation is 1. The van der Waals surface area contributed by atoms with E-state index >= 15 is 0 Å². The van der Waals surface area contributed by atoms with Crippen molar-refractivity contribution in [1.82, 2.24) is 4.98 Å². The Hall–Kier alpha value is -2.67. The van der Waals surface area contributed by atoms with Gasteiger partial charge in [-0.25, -0.2) is 15.2 Å². The highest BCUT2D eigenvalue weighted by Gasteiger charge is 2.10. The van der Waals surface area contributed by atoms with Gasteiger partial charge in [0.25, 0.3) is 5.91 Å². The number of hydrogen-bond acceptors (Lipinski definition) is 5. The molecule has 0 aliphatic rings. The highest BCUT2D eigenvalue weighted by atomic mass is 19.1. The molecule has 1 amide bonds. The average Bonchev–Trinajstić information content (AvgIpc) is 2.46. The summed E-state index contributed by atoms with van der Waals surface area (Å²) in [5.74, 6) is 4.84. The van der Waals surface area contributed by atoms with Gasteiger partial charge in [-0.05, 0) is 31.2 Å². The predicted octanol–water partition coefficient (Wildman–Crippen LogP) is 2.08. The first-order valence-corrected chi connectivity index (χ1v) is 6.13. The summed E-state index contributed by atoms with van der Waals surface area (Å²) in [5, 5.41) is 2.60. The summed E-state index contributed by atoms with van der Waals surface area (Å²) in [4.78, 5) is 16.2. The van der Waals surface area contributed by atoms with Crippen LogP contribution >= 0.6 is 0 Å². The smallest absolute Gasteiger partial charge is 0.255 e. The Balaban J connectivity index is 2.21. The van der Waals surface area contributed by atoms with E-state index in [2.05, 4.69) is 15.7 Å². The molecule has 0 fully saturated rings. The van der Waals surface area contributed by atoms with Gasteiger partial charge in [-0.15, -0.1) is 0 Å². The molecule has 0 saturated heterocycles. The van der Waals surface area contributed by atoms with Crippen LogP contribution in [-0.2, 0) is 0 Å². The number of carbonyl (C=O) groups is 1. The lowest BCUT2D eigenvalue weighted by molar-refractivity contribution is 0.102. The van der Waals surface area contributed by atoms with Crippen molar-refractivity contribution in [2.45, 2.75) is 6.92 Å². The number of aromatic nitrogens is 1. The maximum absolute atomic E-state index is 13.6. The zero-order valence-electron chi connectivity index (χ0n) is 11.6. The number of hydrazine groups is 1. The Morgan fingerprint density at radius 3 is 2.71 bits per heavy atom. The van der Waals surface area contributed by atoms with Crippen molar-refractivity contribution in [3.05, 3.63) is 47.4 Å². The SMILES string of the molecule is COc1ccc(NC(=O)c2cc(C)nc(NN)c2)cc1F. The zero-order chi connectivity index (χ0) is 15.4. The van der Waals surface area contributed by atoms with Gasteiger partial charge in [0, 0.05) is 23.0 Å².